The van der Waals surface area contributed by atoms with Crippen LogP contribution in [-0.4, -0.2) is 28.1 Å². The molecule has 0 spiro atoms. The third-order valence-corrected chi connectivity index (χ3v) is 6.05. The van der Waals surface area contributed by atoms with Gasteiger partial charge in [0.15, 0.2) is 0 Å². The van der Waals surface area contributed by atoms with Crippen LogP contribution in [-0.2, 0) is 0 Å². The van der Waals surface area contributed by atoms with Crippen LogP contribution >= 0.6 is 23.4 Å². The fraction of sp³-hybridized carbons (Fsp3) is 0.136. The number of halogens is 1. The summed E-state index contributed by atoms with van der Waals surface area (Å²) in [7, 11) is 1.57. The number of amides is 1. The van der Waals surface area contributed by atoms with Crippen LogP contribution < -0.4 is 4.74 Å². The van der Waals surface area contributed by atoms with E-state index in [1.54, 1.807) is 13.3 Å². The van der Waals surface area contributed by atoms with Crippen molar-refractivity contribution < 1.29 is 9.53 Å². The van der Waals surface area contributed by atoms with Crippen molar-refractivity contribution in [1.82, 2.24) is 9.99 Å². The van der Waals surface area contributed by atoms with E-state index in [9.17, 15) is 4.79 Å². The molecule has 0 saturated carbocycles. The van der Waals surface area contributed by atoms with E-state index in [1.807, 2.05) is 67.6 Å². The van der Waals surface area contributed by atoms with Gasteiger partial charge >= 0.3 is 0 Å². The summed E-state index contributed by atoms with van der Waals surface area (Å²) in [5.74, 6) is 0.301. The Morgan fingerprint density at radius 2 is 1.86 bits per heavy atom. The first-order chi connectivity index (χ1) is 14.1. The van der Waals surface area contributed by atoms with Gasteiger partial charge in [0.25, 0.3) is 5.91 Å². The highest BCUT2D eigenvalue weighted by atomic mass is 35.5. The zero-order valence-corrected chi connectivity index (χ0v) is 17.4. The van der Waals surface area contributed by atoms with Crippen LogP contribution in [0.15, 0.2) is 72.0 Å². The molecule has 1 aliphatic heterocycles. The van der Waals surface area contributed by atoms with E-state index in [0.29, 0.717) is 16.5 Å². The number of aromatic nitrogens is 1. The van der Waals surface area contributed by atoms with Crippen LogP contribution in [0, 0.1) is 6.92 Å². The predicted octanol–water partition coefficient (Wildman–Crippen LogP) is 5.30. The third kappa shape index (κ3) is 3.86. The second-order valence-corrected chi connectivity index (χ2v) is 7.95. The Balaban J connectivity index is 1.78. The Morgan fingerprint density at radius 1 is 1.10 bits per heavy atom. The number of hydrogen-bond donors (Lipinski definition) is 0. The normalized spacial score (nSPS) is 15.9. The Morgan fingerprint density at radius 3 is 2.59 bits per heavy atom. The van der Waals surface area contributed by atoms with Crippen LogP contribution in [0.2, 0.25) is 5.02 Å². The van der Waals surface area contributed by atoms with Crippen molar-refractivity contribution in [2.24, 2.45) is 5.10 Å². The SMILES string of the molecule is COc1ncccc1[C@H]1SC(c2ccc(Cl)cc2)=NN1C(=O)c1ccccc1C. The van der Waals surface area contributed by atoms with Gasteiger partial charge in [-0.25, -0.2) is 9.99 Å². The van der Waals surface area contributed by atoms with Gasteiger partial charge in [0.05, 0.1) is 7.11 Å². The molecule has 4 rings (SSSR count). The minimum atomic E-state index is -0.392. The number of thioether (sulfide) groups is 1. The number of nitrogens with zero attached hydrogens (tertiary/aromatic N) is 3. The van der Waals surface area contributed by atoms with Crippen molar-refractivity contribution >= 4 is 34.3 Å². The molecule has 1 aromatic heterocycles. The lowest BCUT2D eigenvalue weighted by Gasteiger charge is -2.22. The van der Waals surface area contributed by atoms with Gasteiger partial charge < -0.3 is 4.74 Å². The first kappa shape index (κ1) is 19.5. The highest BCUT2D eigenvalue weighted by Gasteiger charge is 2.36. The largest absolute Gasteiger partial charge is 0.481 e. The van der Waals surface area contributed by atoms with Crippen LogP contribution in [0.5, 0.6) is 5.88 Å². The molecule has 2 aromatic carbocycles. The van der Waals surface area contributed by atoms with E-state index in [2.05, 4.69) is 10.1 Å². The number of methoxy groups -OCH3 is 1. The minimum absolute atomic E-state index is 0.171. The van der Waals surface area contributed by atoms with Crippen LogP contribution in [0.1, 0.15) is 32.4 Å². The second-order valence-electron chi connectivity index (χ2n) is 6.45. The summed E-state index contributed by atoms with van der Waals surface area (Å²) in [6, 6.07) is 18.6. The smallest absolute Gasteiger partial charge is 0.275 e. The van der Waals surface area contributed by atoms with Gasteiger partial charge in [0, 0.05) is 27.9 Å². The van der Waals surface area contributed by atoms with E-state index in [-0.39, 0.29) is 5.91 Å². The van der Waals surface area contributed by atoms with E-state index in [1.165, 1.54) is 16.8 Å². The number of carbonyl (C=O) groups excluding carboxylic acids is 1. The highest BCUT2D eigenvalue weighted by Crippen LogP contribution is 2.44. The summed E-state index contributed by atoms with van der Waals surface area (Å²) in [6.07, 6.45) is 1.66. The number of aryl methyl sites for hydroxylation is 1. The number of pyridine rings is 1. The highest BCUT2D eigenvalue weighted by molar-refractivity contribution is 8.14. The molecule has 2 heterocycles. The topological polar surface area (TPSA) is 54.8 Å². The molecule has 0 N–H and O–H groups in total. The van der Waals surface area contributed by atoms with E-state index in [4.69, 9.17) is 16.3 Å². The van der Waals surface area contributed by atoms with Crippen molar-refractivity contribution in [2.75, 3.05) is 7.11 Å². The van der Waals surface area contributed by atoms with Crippen molar-refractivity contribution in [3.05, 3.63) is 94.1 Å². The van der Waals surface area contributed by atoms with Gasteiger partial charge in [-0.3, -0.25) is 4.79 Å². The summed E-state index contributed by atoms with van der Waals surface area (Å²) >= 11 is 7.50. The Kier molecular flexibility index (Phi) is 5.56. The molecule has 3 aromatic rings. The van der Waals surface area contributed by atoms with Gasteiger partial charge in [-0.05, 0) is 42.8 Å². The molecule has 5 nitrogen and oxygen atoms in total. The molecule has 0 bridgehead atoms. The third-order valence-electron chi connectivity index (χ3n) is 4.58. The van der Waals surface area contributed by atoms with Gasteiger partial charge in [-0.15, -0.1) is 0 Å². The predicted molar refractivity (Wildman–Crippen MR) is 116 cm³/mol. The maximum atomic E-state index is 13.4. The summed E-state index contributed by atoms with van der Waals surface area (Å²) < 4.78 is 5.44. The van der Waals surface area contributed by atoms with Crippen molar-refractivity contribution in [3.8, 4) is 5.88 Å². The average molecular weight is 424 g/mol. The van der Waals surface area contributed by atoms with Crippen LogP contribution in [0.4, 0.5) is 0 Å². The maximum Gasteiger partial charge on any atom is 0.275 e. The number of hydrogen-bond acceptors (Lipinski definition) is 5. The monoisotopic (exact) mass is 423 g/mol. The quantitative estimate of drug-likeness (QED) is 0.571. The number of ether oxygens (including phenoxy) is 1. The summed E-state index contributed by atoms with van der Waals surface area (Å²) in [5.41, 5.74) is 3.19. The van der Waals surface area contributed by atoms with Crippen LogP contribution in [0.3, 0.4) is 0 Å². The first-order valence-electron chi connectivity index (χ1n) is 8.98. The summed E-state index contributed by atoms with van der Waals surface area (Å²) in [4.78, 5) is 17.7. The van der Waals surface area contributed by atoms with E-state index < -0.39 is 5.37 Å². The molecule has 0 unspecified atom stereocenters. The van der Waals surface area contributed by atoms with Crippen molar-refractivity contribution in [1.29, 1.82) is 0 Å². The molecule has 0 saturated heterocycles. The van der Waals surface area contributed by atoms with Crippen molar-refractivity contribution in [3.63, 3.8) is 0 Å². The molecule has 1 aliphatic rings. The number of carbonyl (C=O) groups is 1. The molecule has 7 heteroatoms. The molecule has 1 atom stereocenters. The average Bonchev–Trinajstić information content (AvgIpc) is 3.19. The lowest BCUT2D eigenvalue weighted by molar-refractivity contribution is 0.0747. The van der Waals surface area contributed by atoms with E-state index >= 15 is 0 Å². The fourth-order valence-corrected chi connectivity index (χ4v) is 4.39. The van der Waals surface area contributed by atoms with E-state index in [0.717, 1.165) is 21.7 Å². The molecule has 0 aliphatic carbocycles. The lowest BCUT2D eigenvalue weighted by Crippen LogP contribution is -2.27. The van der Waals surface area contributed by atoms with Crippen LogP contribution in [0.25, 0.3) is 0 Å². The summed E-state index contributed by atoms with van der Waals surface area (Å²) in [5, 5.41) is 7.18. The number of benzene rings is 2. The molecular formula is C22H18ClN3O2S. The molecular weight excluding hydrogens is 406 g/mol. The maximum absolute atomic E-state index is 13.4. The molecule has 0 fully saturated rings. The number of rotatable bonds is 4. The van der Waals surface area contributed by atoms with Gasteiger partial charge in [0.2, 0.25) is 5.88 Å². The zero-order valence-electron chi connectivity index (χ0n) is 15.9. The Labute approximate surface area is 178 Å². The van der Waals surface area contributed by atoms with Gasteiger partial charge in [0.1, 0.15) is 10.4 Å². The van der Waals surface area contributed by atoms with Gasteiger partial charge in [-0.2, -0.15) is 5.10 Å². The molecule has 1 amide bonds. The van der Waals surface area contributed by atoms with Gasteiger partial charge in [-0.1, -0.05) is 53.7 Å². The Hall–Kier alpha value is -2.83. The second kappa shape index (κ2) is 8.27. The molecule has 29 heavy (non-hydrogen) atoms. The minimum Gasteiger partial charge on any atom is -0.481 e. The fourth-order valence-electron chi connectivity index (χ4n) is 3.09. The Bertz CT molecular complexity index is 1090. The molecule has 0 radical (unpaired) electrons. The lowest BCUT2D eigenvalue weighted by atomic mass is 10.1. The summed E-state index contributed by atoms with van der Waals surface area (Å²) in [6.45, 7) is 1.92. The van der Waals surface area contributed by atoms with Crippen molar-refractivity contribution in [2.45, 2.75) is 12.3 Å². The molecule has 146 valence electrons. The standard InChI is InChI=1S/C22H18ClN3O2S/c1-14-6-3-4-7-17(14)21(27)26-22(18-8-5-13-24-19(18)28-2)29-20(25-26)15-9-11-16(23)12-10-15/h3-13,22H,1-2H3/t22-/m1/s1. The number of hydrazone groups is 1. The first-order valence-corrected chi connectivity index (χ1v) is 10.2. The zero-order chi connectivity index (χ0) is 20.4.